The maximum atomic E-state index is 3.67. The summed E-state index contributed by atoms with van der Waals surface area (Å²) in [5, 5.41) is 3.67. The van der Waals surface area contributed by atoms with Crippen molar-refractivity contribution in [2.75, 3.05) is 24.5 Å². The second-order valence-electron chi connectivity index (χ2n) is 6.23. The Hall–Kier alpha value is -1.02. The van der Waals surface area contributed by atoms with E-state index in [9.17, 15) is 0 Å². The molecule has 1 aromatic carbocycles. The number of nitrogens with one attached hydrogen (secondary N) is 1. The molecule has 0 aliphatic carbocycles. The molecule has 1 aromatic rings. The summed E-state index contributed by atoms with van der Waals surface area (Å²) in [5.74, 6) is 0.691. The fourth-order valence-corrected chi connectivity index (χ4v) is 2.79. The Labute approximate surface area is 111 Å². The van der Waals surface area contributed by atoms with E-state index in [1.807, 2.05) is 0 Å². The van der Waals surface area contributed by atoms with Gasteiger partial charge in [-0.1, -0.05) is 32.0 Å². The van der Waals surface area contributed by atoms with Crippen LogP contribution in [0.4, 0.5) is 5.69 Å². The van der Waals surface area contributed by atoms with Crippen LogP contribution in [0.3, 0.4) is 0 Å². The largest absolute Gasteiger partial charge is 0.369 e. The van der Waals surface area contributed by atoms with Gasteiger partial charge in [0.15, 0.2) is 0 Å². The van der Waals surface area contributed by atoms with Gasteiger partial charge in [0.05, 0.1) is 0 Å². The molecule has 2 rings (SSSR count). The fourth-order valence-electron chi connectivity index (χ4n) is 2.79. The van der Waals surface area contributed by atoms with Crippen molar-refractivity contribution in [1.29, 1.82) is 0 Å². The third-order valence-electron chi connectivity index (χ3n) is 3.76. The second-order valence-corrected chi connectivity index (χ2v) is 6.23. The normalized spacial score (nSPS) is 23.8. The van der Waals surface area contributed by atoms with Crippen molar-refractivity contribution in [2.45, 2.75) is 39.7 Å². The molecular formula is C16H26N2. The maximum absolute atomic E-state index is 3.67. The standard InChI is InChI=1S/C16H26N2/c1-5-14-8-6-7-9-15(14)18-11-13(2)10-17-16(3,4)12-18/h6-9,13,17H,5,10-12H2,1-4H3. The Morgan fingerprint density at radius 2 is 2.06 bits per heavy atom. The molecule has 1 unspecified atom stereocenters. The summed E-state index contributed by atoms with van der Waals surface area (Å²) < 4.78 is 0. The molecule has 1 N–H and O–H groups in total. The molecule has 100 valence electrons. The summed E-state index contributed by atoms with van der Waals surface area (Å²) in [5.41, 5.74) is 3.07. The summed E-state index contributed by atoms with van der Waals surface area (Å²) in [4.78, 5) is 2.56. The Morgan fingerprint density at radius 1 is 1.33 bits per heavy atom. The molecule has 0 radical (unpaired) electrons. The van der Waals surface area contributed by atoms with Crippen LogP contribution in [0, 0.1) is 5.92 Å². The average Bonchev–Trinajstić information content (AvgIpc) is 2.48. The van der Waals surface area contributed by atoms with Gasteiger partial charge in [-0.15, -0.1) is 0 Å². The minimum Gasteiger partial charge on any atom is -0.369 e. The lowest BCUT2D eigenvalue weighted by Gasteiger charge is -2.33. The number of anilines is 1. The maximum Gasteiger partial charge on any atom is 0.0399 e. The lowest BCUT2D eigenvalue weighted by molar-refractivity contribution is 0.402. The van der Waals surface area contributed by atoms with E-state index in [1.165, 1.54) is 11.3 Å². The number of para-hydroxylation sites is 1. The van der Waals surface area contributed by atoms with Crippen LogP contribution in [-0.2, 0) is 6.42 Å². The topological polar surface area (TPSA) is 15.3 Å². The zero-order valence-electron chi connectivity index (χ0n) is 12.2. The van der Waals surface area contributed by atoms with Crippen molar-refractivity contribution in [3.8, 4) is 0 Å². The summed E-state index contributed by atoms with van der Waals surface area (Å²) in [6.45, 7) is 12.5. The molecule has 1 fully saturated rings. The number of hydrogen-bond acceptors (Lipinski definition) is 2. The van der Waals surface area contributed by atoms with E-state index in [0.29, 0.717) is 5.92 Å². The van der Waals surface area contributed by atoms with Crippen LogP contribution in [-0.4, -0.2) is 25.2 Å². The number of benzene rings is 1. The zero-order valence-corrected chi connectivity index (χ0v) is 12.2. The van der Waals surface area contributed by atoms with Gasteiger partial charge in [0.2, 0.25) is 0 Å². The summed E-state index contributed by atoms with van der Waals surface area (Å²) in [6.07, 6.45) is 1.11. The summed E-state index contributed by atoms with van der Waals surface area (Å²) in [7, 11) is 0. The van der Waals surface area contributed by atoms with Crippen LogP contribution < -0.4 is 10.2 Å². The van der Waals surface area contributed by atoms with Gasteiger partial charge in [-0.05, 0) is 44.4 Å². The molecular weight excluding hydrogens is 220 g/mol. The predicted molar refractivity (Wildman–Crippen MR) is 79.3 cm³/mol. The number of rotatable bonds is 2. The van der Waals surface area contributed by atoms with Gasteiger partial charge in [0, 0.05) is 24.3 Å². The van der Waals surface area contributed by atoms with Crippen molar-refractivity contribution in [3.63, 3.8) is 0 Å². The molecule has 1 aliphatic heterocycles. The van der Waals surface area contributed by atoms with Gasteiger partial charge in [0.1, 0.15) is 0 Å². The SMILES string of the molecule is CCc1ccccc1N1CC(C)CNC(C)(C)C1. The lowest BCUT2D eigenvalue weighted by Crippen LogP contribution is -2.46. The van der Waals surface area contributed by atoms with Crippen LogP contribution >= 0.6 is 0 Å². The van der Waals surface area contributed by atoms with E-state index >= 15 is 0 Å². The summed E-state index contributed by atoms with van der Waals surface area (Å²) in [6, 6.07) is 8.83. The molecule has 18 heavy (non-hydrogen) atoms. The highest BCUT2D eigenvalue weighted by molar-refractivity contribution is 5.54. The molecule has 0 aromatic heterocycles. The molecule has 1 heterocycles. The van der Waals surface area contributed by atoms with Gasteiger partial charge in [-0.2, -0.15) is 0 Å². The Bertz CT molecular complexity index is 398. The molecule has 0 bridgehead atoms. The van der Waals surface area contributed by atoms with Gasteiger partial charge in [0.25, 0.3) is 0 Å². The van der Waals surface area contributed by atoms with Gasteiger partial charge in [-0.25, -0.2) is 0 Å². The van der Waals surface area contributed by atoms with Crippen molar-refractivity contribution in [1.82, 2.24) is 5.32 Å². The first-order chi connectivity index (χ1) is 8.52. The van der Waals surface area contributed by atoms with Crippen LogP contribution in [0.1, 0.15) is 33.3 Å². The van der Waals surface area contributed by atoms with Crippen molar-refractivity contribution < 1.29 is 0 Å². The van der Waals surface area contributed by atoms with Crippen molar-refractivity contribution in [3.05, 3.63) is 29.8 Å². The first-order valence-electron chi connectivity index (χ1n) is 7.10. The highest BCUT2D eigenvalue weighted by Gasteiger charge is 2.27. The third-order valence-corrected chi connectivity index (χ3v) is 3.76. The van der Waals surface area contributed by atoms with Crippen LogP contribution in [0.15, 0.2) is 24.3 Å². The highest BCUT2D eigenvalue weighted by Crippen LogP contribution is 2.25. The van der Waals surface area contributed by atoms with E-state index in [2.05, 4.69) is 62.2 Å². The van der Waals surface area contributed by atoms with E-state index in [4.69, 9.17) is 0 Å². The Morgan fingerprint density at radius 3 is 2.78 bits per heavy atom. The highest BCUT2D eigenvalue weighted by atomic mass is 15.2. The van der Waals surface area contributed by atoms with Gasteiger partial charge < -0.3 is 10.2 Å². The lowest BCUT2D eigenvalue weighted by atomic mass is 10.0. The van der Waals surface area contributed by atoms with E-state index in [1.54, 1.807) is 0 Å². The fraction of sp³-hybridized carbons (Fsp3) is 0.625. The molecule has 2 nitrogen and oxygen atoms in total. The van der Waals surface area contributed by atoms with E-state index in [0.717, 1.165) is 26.1 Å². The minimum atomic E-state index is 0.186. The molecule has 0 saturated carbocycles. The van der Waals surface area contributed by atoms with Crippen molar-refractivity contribution in [2.24, 2.45) is 5.92 Å². The molecule has 1 atom stereocenters. The monoisotopic (exact) mass is 246 g/mol. The van der Waals surface area contributed by atoms with Gasteiger partial charge in [-0.3, -0.25) is 0 Å². The van der Waals surface area contributed by atoms with E-state index < -0.39 is 0 Å². The van der Waals surface area contributed by atoms with Crippen LogP contribution in [0.5, 0.6) is 0 Å². The Kier molecular flexibility index (Phi) is 3.96. The minimum absolute atomic E-state index is 0.186. The quantitative estimate of drug-likeness (QED) is 0.862. The Balaban J connectivity index is 2.29. The number of nitrogens with zero attached hydrogens (tertiary/aromatic N) is 1. The third kappa shape index (κ3) is 3.05. The summed E-state index contributed by atoms with van der Waals surface area (Å²) >= 11 is 0. The van der Waals surface area contributed by atoms with Crippen molar-refractivity contribution >= 4 is 5.69 Å². The number of hydrogen-bond donors (Lipinski definition) is 1. The predicted octanol–water partition coefficient (Wildman–Crippen LogP) is 3.07. The number of aryl methyl sites for hydroxylation is 1. The van der Waals surface area contributed by atoms with Gasteiger partial charge >= 0.3 is 0 Å². The molecule has 1 saturated heterocycles. The smallest absolute Gasteiger partial charge is 0.0399 e. The van der Waals surface area contributed by atoms with E-state index in [-0.39, 0.29) is 5.54 Å². The molecule has 0 spiro atoms. The zero-order chi connectivity index (χ0) is 13.2. The molecule has 1 aliphatic rings. The first kappa shape index (κ1) is 13.4. The molecule has 2 heteroatoms. The molecule has 0 amide bonds. The average molecular weight is 246 g/mol. The van der Waals surface area contributed by atoms with Crippen LogP contribution in [0.2, 0.25) is 0 Å². The first-order valence-corrected chi connectivity index (χ1v) is 7.10. The van der Waals surface area contributed by atoms with Crippen LogP contribution in [0.25, 0.3) is 0 Å². The second kappa shape index (κ2) is 5.31.